The molecule has 1 aliphatic rings. The maximum absolute atomic E-state index is 14.0. The smallest absolute Gasteiger partial charge is 0.351 e. The second kappa shape index (κ2) is 6.00. The van der Waals surface area contributed by atoms with Crippen molar-refractivity contribution in [3.05, 3.63) is 27.2 Å². The first-order valence-electron chi connectivity index (χ1n) is 5.73. The number of nitrogens with zero attached hydrogens (tertiary/aromatic N) is 2. The van der Waals surface area contributed by atoms with Gasteiger partial charge in [0.1, 0.15) is 18.0 Å². The Labute approximate surface area is 121 Å². The highest BCUT2D eigenvalue weighted by atomic mass is 79.9. The summed E-state index contributed by atoms with van der Waals surface area (Å²) in [5.74, 6) is -0.00499. The van der Waals surface area contributed by atoms with Crippen LogP contribution < -0.4 is 11.4 Å². The topological polar surface area (TPSA) is 111 Å². The van der Waals surface area contributed by atoms with Crippen LogP contribution in [-0.4, -0.2) is 44.8 Å². The molecule has 1 fully saturated rings. The van der Waals surface area contributed by atoms with Crippen LogP contribution in [0.1, 0.15) is 11.8 Å². The molecule has 1 aliphatic heterocycles. The fourth-order valence-corrected chi connectivity index (χ4v) is 2.24. The predicted octanol–water partition coefficient (Wildman–Crippen LogP) is -0.220. The Bertz CT molecular complexity index is 579. The summed E-state index contributed by atoms with van der Waals surface area (Å²) >= 11 is 3.06. The third-order valence-electron chi connectivity index (χ3n) is 3.00. The minimum absolute atomic E-state index is 0.00499. The quantitative estimate of drug-likeness (QED) is 0.695. The number of alkyl halides is 1. The van der Waals surface area contributed by atoms with Crippen molar-refractivity contribution in [2.24, 2.45) is 0 Å². The van der Waals surface area contributed by atoms with E-state index in [9.17, 15) is 14.3 Å². The molecule has 4 N–H and O–H groups in total. The Morgan fingerprint density at radius 1 is 1.65 bits per heavy atom. The Morgan fingerprint density at radius 3 is 2.90 bits per heavy atom. The summed E-state index contributed by atoms with van der Waals surface area (Å²) in [4.78, 5) is 16.8. The van der Waals surface area contributed by atoms with Gasteiger partial charge in [-0.2, -0.15) is 4.98 Å². The van der Waals surface area contributed by atoms with Gasteiger partial charge in [-0.3, -0.25) is 4.57 Å². The van der Waals surface area contributed by atoms with E-state index >= 15 is 0 Å². The number of aliphatic hydroxyl groups is 2. The second-order valence-electron chi connectivity index (χ2n) is 4.25. The van der Waals surface area contributed by atoms with Gasteiger partial charge < -0.3 is 20.7 Å². The molecule has 1 saturated heterocycles. The van der Waals surface area contributed by atoms with Crippen molar-refractivity contribution >= 4 is 27.8 Å². The maximum Gasteiger partial charge on any atom is 0.351 e. The van der Waals surface area contributed by atoms with Gasteiger partial charge in [-0.15, -0.1) is 0 Å². The van der Waals surface area contributed by atoms with E-state index < -0.39 is 36.9 Å². The molecule has 0 spiro atoms. The number of hydrogen-bond donors (Lipinski definition) is 3. The van der Waals surface area contributed by atoms with E-state index in [0.717, 1.165) is 4.57 Å². The summed E-state index contributed by atoms with van der Waals surface area (Å²) in [7, 11) is 0. The molecule has 2 heterocycles. The number of anilines is 1. The van der Waals surface area contributed by atoms with Crippen molar-refractivity contribution < 1.29 is 19.3 Å². The van der Waals surface area contributed by atoms with Crippen molar-refractivity contribution in [2.75, 3.05) is 12.3 Å². The van der Waals surface area contributed by atoms with Crippen molar-refractivity contribution in [3.63, 3.8) is 0 Å². The highest BCUT2D eigenvalue weighted by Crippen LogP contribution is 2.31. The molecular weight excluding hydrogens is 337 g/mol. The third kappa shape index (κ3) is 2.62. The van der Waals surface area contributed by atoms with Crippen molar-refractivity contribution in [1.82, 2.24) is 9.55 Å². The van der Waals surface area contributed by atoms with Crippen molar-refractivity contribution in [3.8, 4) is 0 Å². The van der Waals surface area contributed by atoms with Gasteiger partial charge in [-0.25, -0.2) is 9.18 Å². The van der Waals surface area contributed by atoms with Crippen LogP contribution in [0.5, 0.6) is 0 Å². The highest BCUT2D eigenvalue weighted by Gasteiger charge is 2.45. The summed E-state index contributed by atoms with van der Waals surface area (Å²) in [5, 5.41) is 18.5. The van der Waals surface area contributed by atoms with Gasteiger partial charge in [0.15, 0.2) is 12.4 Å². The molecular formula is C11H13BrFN3O4. The highest BCUT2D eigenvalue weighted by molar-refractivity contribution is 9.11. The third-order valence-corrected chi connectivity index (χ3v) is 3.27. The SMILES string of the molecule is Nc1nc(=O)n([C@@H]2O[C@H](CO)[C@@H](O)[C@@H]2F)cc1/C=C/Br. The van der Waals surface area contributed by atoms with E-state index in [2.05, 4.69) is 20.9 Å². The lowest BCUT2D eigenvalue weighted by Crippen LogP contribution is -2.34. The second-order valence-corrected chi connectivity index (χ2v) is 4.78. The lowest BCUT2D eigenvalue weighted by atomic mass is 10.1. The summed E-state index contributed by atoms with van der Waals surface area (Å²) in [5.41, 5.74) is 5.16. The summed E-state index contributed by atoms with van der Waals surface area (Å²) < 4.78 is 20.0. The zero-order valence-corrected chi connectivity index (χ0v) is 11.8. The molecule has 0 radical (unpaired) electrons. The van der Waals surface area contributed by atoms with E-state index in [0.29, 0.717) is 5.56 Å². The number of nitrogens with two attached hydrogens (primary N) is 1. The van der Waals surface area contributed by atoms with Crippen molar-refractivity contribution in [1.29, 1.82) is 0 Å². The molecule has 0 aromatic carbocycles. The van der Waals surface area contributed by atoms with Crippen LogP contribution in [0.3, 0.4) is 0 Å². The molecule has 0 amide bonds. The Balaban J connectivity index is 2.43. The molecule has 1 aromatic rings. The van der Waals surface area contributed by atoms with Gasteiger partial charge in [0.25, 0.3) is 0 Å². The molecule has 110 valence electrons. The minimum Gasteiger partial charge on any atom is -0.394 e. The van der Waals surface area contributed by atoms with Gasteiger partial charge in [0.2, 0.25) is 0 Å². The van der Waals surface area contributed by atoms with Crippen LogP contribution in [-0.2, 0) is 4.74 Å². The van der Waals surface area contributed by atoms with Crippen LogP contribution in [0.4, 0.5) is 10.2 Å². The number of rotatable bonds is 3. The molecule has 4 atom stereocenters. The van der Waals surface area contributed by atoms with E-state index in [1.807, 2.05) is 0 Å². The van der Waals surface area contributed by atoms with Crippen LogP contribution >= 0.6 is 15.9 Å². The lowest BCUT2D eigenvalue weighted by Gasteiger charge is -2.16. The fourth-order valence-electron chi connectivity index (χ4n) is 1.95. The molecule has 0 saturated carbocycles. The minimum atomic E-state index is -1.85. The monoisotopic (exact) mass is 349 g/mol. The molecule has 20 heavy (non-hydrogen) atoms. The van der Waals surface area contributed by atoms with Gasteiger partial charge in [0.05, 0.1) is 6.61 Å². The molecule has 2 rings (SSSR count). The van der Waals surface area contributed by atoms with Gasteiger partial charge in [-0.1, -0.05) is 15.9 Å². The molecule has 0 aliphatic carbocycles. The molecule has 0 bridgehead atoms. The number of hydrogen-bond acceptors (Lipinski definition) is 6. The molecule has 9 heteroatoms. The van der Waals surface area contributed by atoms with Gasteiger partial charge in [0, 0.05) is 11.8 Å². The lowest BCUT2D eigenvalue weighted by molar-refractivity contribution is -0.0491. The zero-order chi connectivity index (χ0) is 14.9. The summed E-state index contributed by atoms with van der Waals surface area (Å²) in [6, 6.07) is 0. The maximum atomic E-state index is 14.0. The largest absolute Gasteiger partial charge is 0.394 e. The predicted molar refractivity (Wildman–Crippen MR) is 72.8 cm³/mol. The van der Waals surface area contributed by atoms with Crippen LogP contribution in [0.25, 0.3) is 6.08 Å². The van der Waals surface area contributed by atoms with Gasteiger partial charge >= 0.3 is 5.69 Å². The standard InChI is InChI=1S/C11H13BrFN3O4/c12-2-1-5-3-16(11(19)15-9(5)14)10-7(13)8(18)6(4-17)20-10/h1-3,6-8,10,17-18H,4H2,(H2,14,15,19)/b2-1+/t6-,7+,8-,10-/m1/s1. The number of nitrogen functional groups attached to an aromatic ring is 1. The average molecular weight is 350 g/mol. The average Bonchev–Trinajstić information content (AvgIpc) is 2.70. The van der Waals surface area contributed by atoms with E-state index in [-0.39, 0.29) is 5.82 Å². The van der Waals surface area contributed by atoms with Crippen LogP contribution in [0, 0.1) is 0 Å². The normalized spacial score (nSPS) is 30.2. The van der Waals surface area contributed by atoms with Crippen LogP contribution in [0.2, 0.25) is 0 Å². The number of ether oxygens (including phenoxy) is 1. The summed E-state index contributed by atoms with van der Waals surface area (Å²) in [6.07, 6.45) is -2.99. The number of halogens is 2. The molecule has 0 unspecified atom stereocenters. The van der Waals surface area contributed by atoms with Crippen molar-refractivity contribution in [2.45, 2.75) is 24.6 Å². The Kier molecular flexibility index (Phi) is 4.53. The van der Waals surface area contributed by atoms with E-state index in [1.165, 1.54) is 17.3 Å². The van der Waals surface area contributed by atoms with E-state index in [1.54, 1.807) is 0 Å². The first-order valence-corrected chi connectivity index (χ1v) is 6.65. The zero-order valence-electron chi connectivity index (χ0n) is 10.2. The number of aromatic nitrogens is 2. The van der Waals surface area contributed by atoms with Gasteiger partial charge in [-0.05, 0) is 11.1 Å². The first kappa shape index (κ1) is 15.1. The first-order chi connectivity index (χ1) is 9.49. The fraction of sp³-hybridized carbons (Fsp3) is 0.455. The van der Waals surface area contributed by atoms with E-state index in [4.69, 9.17) is 15.6 Å². The van der Waals surface area contributed by atoms with Crippen LogP contribution in [0.15, 0.2) is 16.0 Å². The number of aliphatic hydroxyl groups excluding tert-OH is 2. The molecule has 7 nitrogen and oxygen atoms in total. The summed E-state index contributed by atoms with van der Waals surface area (Å²) in [6.45, 7) is -0.552. The Morgan fingerprint density at radius 2 is 2.35 bits per heavy atom. The Hall–Kier alpha value is -1.29. The molecule has 1 aromatic heterocycles.